The van der Waals surface area contributed by atoms with Gasteiger partial charge in [0.05, 0.1) is 0 Å². The lowest BCUT2D eigenvalue weighted by atomic mass is 9.92. The van der Waals surface area contributed by atoms with Gasteiger partial charge in [0.2, 0.25) is 5.91 Å². The Morgan fingerprint density at radius 2 is 2.21 bits per heavy atom. The molecule has 2 unspecified atom stereocenters. The van der Waals surface area contributed by atoms with E-state index >= 15 is 0 Å². The Hall–Kier alpha value is -1.92. The molecule has 1 aliphatic heterocycles. The predicted octanol–water partition coefficient (Wildman–Crippen LogP) is 1.70. The summed E-state index contributed by atoms with van der Waals surface area (Å²) in [6.45, 7) is -1.48. The first-order valence-electron chi connectivity index (χ1n) is 5.58. The highest BCUT2D eigenvalue weighted by atomic mass is 19.3. The number of carbonyl (C=O) groups excluding carboxylic acids is 1. The van der Waals surface area contributed by atoms with Crippen LogP contribution in [0.4, 0.5) is 13.2 Å². The summed E-state index contributed by atoms with van der Waals surface area (Å²) in [5, 5.41) is 0. The predicted molar refractivity (Wildman–Crippen MR) is 57.6 cm³/mol. The molecule has 1 saturated carbocycles. The minimum Gasteiger partial charge on any atom is -0.486 e. The third kappa shape index (κ3) is 1.38. The van der Waals surface area contributed by atoms with E-state index in [2.05, 4.69) is 4.74 Å². The zero-order chi connectivity index (χ0) is 14.0. The molecule has 0 bridgehead atoms. The second kappa shape index (κ2) is 3.34. The molecule has 3 rings (SSSR count). The molecule has 0 saturated heterocycles. The number of ether oxygens (including phenoxy) is 2. The van der Waals surface area contributed by atoms with Crippen LogP contribution in [0, 0.1) is 5.82 Å². The van der Waals surface area contributed by atoms with Gasteiger partial charge in [-0.2, -0.15) is 8.78 Å². The molecule has 19 heavy (non-hydrogen) atoms. The molecule has 0 aromatic heterocycles. The van der Waals surface area contributed by atoms with Crippen molar-refractivity contribution in [3.8, 4) is 11.5 Å². The maximum atomic E-state index is 13.5. The Kier molecular flexibility index (Phi) is 2.13. The Bertz CT molecular complexity index is 592. The first kappa shape index (κ1) is 12.1. The molecular formula is C12H10F3NO3. The van der Waals surface area contributed by atoms with E-state index < -0.39 is 35.1 Å². The molecule has 1 amide bonds. The first-order chi connectivity index (χ1) is 8.80. The number of benzene rings is 1. The van der Waals surface area contributed by atoms with Crippen LogP contribution in [-0.4, -0.2) is 18.1 Å². The van der Waals surface area contributed by atoms with Crippen molar-refractivity contribution in [3.05, 3.63) is 23.5 Å². The minimum absolute atomic E-state index is 0.145. The van der Waals surface area contributed by atoms with Gasteiger partial charge in [-0.25, -0.2) is 4.39 Å². The number of primary amides is 1. The van der Waals surface area contributed by atoms with Crippen LogP contribution in [-0.2, 0) is 10.2 Å². The van der Waals surface area contributed by atoms with Crippen molar-refractivity contribution in [1.29, 1.82) is 0 Å². The number of fused-ring (bicyclic) bond motifs is 3. The molecule has 4 nitrogen and oxygen atoms in total. The Labute approximate surface area is 106 Å². The lowest BCUT2D eigenvalue weighted by Crippen LogP contribution is -2.34. The largest absolute Gasteiger partial charge is 0.486 e. The fourth-order valence-electron chi connectivity index (χ4n) is 2.83. The third-order valence-electron chi connectivity index (χ3n) is 3.85. The van der Waals surface area contributed by atoms with Crippen LogP contribution in [0.15, 0.2) is 12.1 Å². The number of hydrogen-bond donors (Lipinski definition) is 1. The van der Waals surface area contributed by atoms with Gasteiger partial charge in [-0.1, -0.05) is 0 Å². The van der Waals surface area contributed by atoms with Crippen molar-refractivity contribution < 1.29 is 27.4 Å². The van der Waals surface area contributed by atoms with E-state index in [9.17, 15) is 18.0 Å². The molecule has 1 aromatic rings. The van der Waals surface area contributed by atoms with E-state index in [4.69, 9.17) is 10.5 Å². The molecule has 1 heterocycles. The van der Waals surface area contributed by atoms with Crippen molar-refractivity contribution in [2.45, 2.75) is 31.0 Å². The lowest BCUT2D eigenvalue weighted by Gasteiger charge is -2.12. The molecule has 102 valence electrons. The maximum Gasteiger partial charge on any atom is 0.387 e. The van der Waals surface area contributed by atoms with Crippen molar-refractivity contribution in [3.63, 3.8) is 0 Å². The summed E-state index contributed by atoms with van der Waals surface area (Å²) >= 11 is 0. The van der Waals surface area contributed by atoms with Gasteiger partial charge in [-0.15, -0.1) is 0 Å². The Morgan fingerprint density at radius 3 is 2.79 bits per heavy atom. The topological polar surface area (TPSA) is 61.6 Å². The fourth-order valence-corrected chi connectivity index (χ4v) is 2.83. The zero-order valence-electron chi connectivity index (χ0n) is 9.88. The monoisotopic (exact) mass is 273 g/mol. The van der Waals surface area contributed by atoms with Crippen molar-refractivity contribution in [2.24, 2.45) is 5.73 Å². The number of halogens is 3. The summed E-state index contributed by atoms with van der Waals surface area (Å²) in [6, 6.07) is 2.01. The van der Waals surface area contributed by atoms with E-state index in [1.54, 1.807) is 6.92 Å². The molecule has 2 aliphatic rings. The van der Waals surface area contributed by atoms with E-state index in [0.717, 1.165) is 12.1 Å². The van der Waals surface area contributed by atoms with Gasteiger partial charge in [-0.3, -0.25) is 4.79 Å². The van der Waals surface area contributed by atoms with Gasteiger partial charge >= 0.3 is 6.61 Å². The maximum absolute atomic E-state index is 13.5. The zero-order valence-corrected chi connectivity index (χ0v) is 9.88. The number of alkyl halides is 2. The average Bonchev–Trinajstić information content (AvgIpc) is 2.81. The third-order valence-corrected chi connectivity index (χ3v) is 3.85. The Balaban J connectivity index is 2.11. The standard InChI is InChI=1S/C12H10F3NO3/c1-11-4-12(11,9(16)17)5-2-8(18-10(14)15)6(13)3-7(5)19-11/h2-3,10H,4H2,1H3,(H2,16,17). The second-order valence-corrected chi connectivity index (χ2v) is 4.94. The van der Waals surface area contributed by atoms with Crippen LogP contribution < -0.4 is 15.2 Å². The van der Waals surface area contributed by atoms with Gasteiger partial charge < -0.3 is 15.2 Å². The molecule has 1 fully saturated rings. The van der Waals surface area contributed by atoms with Gasteiger partial charge in [-0.05, 0) is 13.0 Å². The summed E-state index contributed by atoms with van der Waals surface area (Å²) < 4.78 is 47.5. The highest BCUT2D eigenvalue weighted by Gasteiger charge is 2.76. The number of amides is 1. The normalized spacial score (nSPS) is 30.6. The number of rotatable bonds is 3. The second-order valence-electron chi connectivity index (χ2n) is 4.94. The van der Waals surface area contributed by atoms with E-state index in [1.165, 1.54) is 0 Å². The van der Waals surface area contributed by atoms with Crippen molar-refractivity contribution in [1.82, 2.24) is 0 Å². The van der Waals surface area contributed by atoms with Crippen LogP contribution in [0.1, 0.15) is 18.9 Å². The molecule has 0 radical (unpaired) electrons. The summed E-state index contributed by atoms with van der Waals surface area (Å²) in [7, 11) is 0. The molecule has 1 aromatic carbocycles. The number of nitrogens with two attached hydrogens (primary N) is 1. The summed E-state index contributed by atoms with van der Waals surface area (Å²) in [6.07, 6.45) is 0.349. The highest BCUT2D eigenvalue weighted by molar-refractivity contribution is 5.95. The molecule has 2 atom stereocenters. The van der Waals surface area contributed by atoms with Gasteiger partial charge in [0, 0.05) is 18.1 Å². The lowest BCUT2D eigenvalue weighted by molar-refractivity contribution is -0.121. The van der Waals surface area contributed by atoms with E-state index in [1.807, 2.05) is 0 Å². The summed E-state index contributed by atoms with van der Waals surface area (Å²) in [4.78, 5) is 11.6. The van der Waals surface area contributed by atoms with Crippen molar-refractivity contribution >= 4 is 5.91 Å². The Morgan fingerprint density at radius 1 is 1.53 bits per heavy atom. The molecular weight excluding hydrogens is 263 g/mol. The minimum atomic E-state index is -3.15. The molecule has 7 heteroatoms. The summed E-state index contributed by atoms with van der Waals surface area (Å²) in [5.41, 5.74) is 3.77. The van der Waals surface area contributed by atoms with Crippen LogP contribution in [0.2, 0.25) is 0 Å². The van der Waals surface area contributed by atoms with Gasteiger partial charge in [0.15, 0.2) is 11.6 Å². The van der Waals surface area contributed by atoms with E-state index in [-0.39, 0.29) is 5.75 Å². The number of hydrogen-bond acceptors (Lipinski definition) is 3. The van der Waals surface area contributed by atoms with E-state index in [0.29, 0.717) is 12.0 Å². The van der Waals surface area contributed by atoms with Crippen LogP contribution in [0.5, 0.6) is 11.5 Å². The average molecular weight is 273 g/mol. The fraction of sp³-hybridized carbons (Fsp3) is 0.417. The van der Waals surface area contributed by atoms with Gasteiger partial charge in [0.1, 0.15) is 16.8 Å². The molecule has 0 spiro atoms. The molecule has 2 N–H and O–H groups in total. The van der Waals surface area contributed by atoms with Gasteiger partial charge in [0.25, 0.3) is 0 Å². The first-order valence-corrected chi connectivity index (χ1v) is 5.58. The molecule has 1 aliphatic carbocycles. The SMILES string of the molecule is CC12CC1(C(N)=O)c1cc(OC(F)F)c(F)cc1O2. The quantitative estimate of drug-likeness (QED) is 0.911. The number of carbonyl (C=O) groups is 1. The van der Waals surface area contributed by atoms with Crippen molar-refractivity contribution in [2.75, 3.05) is 0 Å². The van der Waals surface area contributed by atoms with Crippen LogP contribution in [0.25, 0.3) is 0 Å². The van der Waals surface area contributed by atoms with Crippen LogP contribution >= 0.6 is 0 Å². The van der Waals surface area contributed by atoms with Crippen LogP contribution in [0.3, 0.4) is 0 Å². The highest BCUT2D eigenvalue weighted by Crippen LogP contribution is 2.67. The summed E-state index contributed by atoms with van der Waals surface area (Å²) in [5.74, 6) is -2.06. The smallest absolute Gasteiger partial charge is 0.387 e.